The first-order valence-electron chi connectivity index (χ1n) is 5.64. The maximum Gasteiger partial charge on any atom is 0.188 e. The van der Waals surface area contributed by atoms with Crippen LogP contribution in [-0.2, 0) is 4.79 Å². The predicted molar refractivity (Wildman–Crippen MR) is 64.6 cm³/mol. The van der Waals surface area contributed by atoms with Crippen LogP contribution in [0.15, 0.2) is 11.2 Å². The first-order chi connectivity index (χ1) is 7.63. The minimum absolute atomic E-state index is 0.377. The third-order valence-corrected chi connectivity index (χ3v) is 3.80. The van der Waals surface area contributed by atoms with E-state index >= 15 is 0 Å². The van der Waals surface area contributed by atoms with Crippen LogP contribution in [0.4, 0.5) is 0 Å². The number of hydrogen-bond acceptors (Lipinski definition) is 4. The van der Waals surface area contributed by atoms with Crippen molar-refractivity contribution in [3.8, 4) is 0 Å². The second-order valence-electron chi connectivity index (χ2n) is 4.31. The van der Waals surface area contributed by atoms with Crippen molar-refractivity contribution in [3.63, 3.8) is 0 Å². The summed E-state index contributed by atoms with van der Waals surface area (Å²) in [6.45, 7) is 3.95. The Kier molecular flexibility index (Phi) is 3.59. The van der Waals surface area contributed by atoms with Crippen molar-refractivity contribution in [2.24, 2.45) is 0 Å². The number of aromatic nitrogens is 2. The Morgan fingerprint density at radius 1 is 1.31 bits per heavy atom. The van der Waals surface area contributed by atoms with Crippen LogP contribution in [0.3, 0.4) is 0 Å². The van der Waals surface area contributed by atoms with Crippen LogP contribution in [-0.4, -0.2) is 21.0 Å². The SMILES string of the molecule is Cc1cc(C)nc(SC2CCCC(=O)C2)n1. The number of aryl methyl sites for hydroxylation is 2. The normalized spacial score (nSPS) is 21.1. The first-order valence-corrected chi connectivity index (χ1v) is 6.52. The van der Waals surface area contributed by atoms with Crippen molar-refractivity contribution < 1.29 is 4.79 Å². The molecule has 1 aromatic heterocycles. The standard InChI is InChI=1S/C12H16N2OS/c1-8-6-9(2)14-12(13-8)16-11-5-3-4-10(15)7-11/h6,11H,3-5,7H2,1-2H3. The lowest BCUT2D eigenvalue weighted by molar-refractivity contribution is -0.120. The molecule has 1 unspecified atom stereocenters. The maximum absolute atomic E-state index is 11.3. The molecule has 1 aliphatic rings. The highest BCUT2D eigenvalue weighted by Crippen LogP contribution is 2.30. The quantitative estimate of drug-likeness (QED) is 0.740. The van der Waals surface area contributed by atoms with Crippen LogP contribution in [0.5, 0.6) is 0 Å². The van der Waals surface area contributed by atoms with E-state index in [0.29, 0.717) is 17.5 Å². The number of nitrogens with zero attached hydrogens (tertiary/aromatic N) is 2. The summed E-state index contributed by atoms with van der Waals surface area (Å²) in [4.78, 5) is 20.1. The molecule has 3 nitrogen and oxygen atoms in total. The van der Waals surface area contributed by atoms with Crippen molar-refractivity contribution in [2.45, 2.75) is 49.9 Å². The van der Waals surface area contributed by atoms with E-state index in [-0.39, 0.29) is 0 Å². The molecule has 1 atom stereocenters. The summed E-state index contributed by atoms with van der Waals surface area (Å²) < 4.78 is 0. The molecule has 16 heavy (non-hydrogen) atoms. The molecule has 0 radical (unpaired) electrons. The monoisotopic (exact) mass is 236 g/mol. The minimum atomic E-state index is 0.377. The van der Waals surface area contributed by atoms with Gasteiger partial charge in [0.2, 0.25) is 0 Å². The highest BCUT2D eigenvalue weighted by Gasteiger charge is 2.21. The van der Waals surface area contributed by atoms with Crippen LogP contribution in [0.1, 0.15) is 37.1 Å². The van der Waals surface area contributed by atoms with Crippen molar-refractivity contribution >= 4 is 17.5 Å². The van der Waals surface area contributed by atoms with Gasteiger partial charge in [-0.1, -0.05) is 11.8 Å². The van der Waals surface area contributed by atoms with Gasteiger partial charge < -0.3 is 0 Å². The summed E-state index contributed by atoms with van der Waals surface area (Å²) >= 11 is 1.65. The van der Waals surface area contributed by atoms with Gasteiger partial charge in [0.15, 0.2) is 5.16 Å². The molecule has 0 aliphatic heterocycles. The average Bonchev–Trinajstić information content (AvgIpc) is 2.15. The van der Waals surface area contributed by atoms with Gasteiger partial charge >= 0.3 is 0 Å². The van der Waals surface area contributed by atoms with E-state index in [1.54, 1.807) is 11.8 Å². The maximum atomic E-state index is 11.3. The predicted octanol–water partition coefficient (Wildman–Crippen LogP) is 2.70. The molecule has 2 rings (SSSR count). The molecular weight excluding hydrogens is 220 g/mol. The zero-order valence-electron chi connectivity index (χ0n) is 9.69. The van der Waals surface area contributed by atoms with Crippen LogP contribution in [0.2, 0.25) is 0 Å². The average molecular weight is 236 g/mol. The lowest BCUT2D eigenvalue weighted by atomic mass is 9.99. The topological polar surface area (TPSA) is 42.9 Å². The summed E-state index contributed by atoms with van der Waals surface area (Å²) in [7, 11) is 0. The van der Waals surface area contributed by atoms with Gasteiger partial charge in [0.25, 0.3) is 0 Å². The third-order valence-electron chi connectivity index (χ3n) is 2.67. The lowest BCUT2D eigenvalue weighted by Gasteiger charge is -2.19. The summed E-state index contributed by atoms with van der Waals surface area (Å²) in [5.74, 6) is 0.383. The number of hydrogen-bond donors (Lipinski definition) is 0. The molecule has 0 saturated heterocycles. The van der Waals surface area contributed by atoms with Crippen molar-refractivity contribution in [3.05, 3.63) is 17.5 Å². The number of carbonyl (C=O) groups is 1. The van der Waals surface area contributed by atoms with Gasteiger partial charge in [0.1, 0.15) is 5.78 Å². The molecule has 1 aromatic rings. The van der Waals surface area contributed by atoms with E-state index in [9.17, 15) is 4.79 Å². The molecule has 4 heteroatoms. The van der Waals surface area contributed by atoms with Gasteiger partial charge in [-0.3, -0.25) is 4.79 Å². The number of rotatable bonds is 2. The fourth-order valence-electron chi connectivity index (χ4n) is 1.98. The summed E-state index contributed by atoms with van der Waals surface area (Å²) in [5, 5.41) is 1.19. The molecule has 1 aliphatic carbocycles. The molecule has 0 aromatic carbocycles. The molecule has 0 bridgehead atoms. The smallest absolute Gasteiger partial charge is 0.188 e. The summed E-state index contributed by atoms with van der Waals surface area (Å²) in [6.07, 6.45) is 3.56. The molecular formula is C12H16N2OS. The van der Waals surface area contributed by atoms with Crippen molar-refractivity contribution in [2.75, 3.05) is 0 Å². The molecule has 0 spiro atoms. The molecule has 1 saturated carbocycles. The molecule has 0 amide bonds. The van der Waals surface area contributed by atoms with Gasteiger partial charge in [-0.05, 0) is 32.8 Å². The Hall–Kier alpha value is -0.900. The minimum Gasteiger partial charge on any atom is -0.300 e. The van der Waals surface area contributed by atoms with E-state index in [1.807, 2.05) is 19.9 Å². The van der Waals surface area contributed by atoms with Gasteiger partial charge in [-0.2, -0.15) is 0 Å². The van der Waals surface area contributed by atoms with Gasteiger partial charge in [-0.25, -0.2) is 9.97 Å². The lowest BCUT2D eigenvalue weighted by Crippen LogP contribution is -2.17. The number of carbonyl (C=O) groups excluding carboxylic acids is 1. The van der Waals surface area contributed by atoms with Crippen molar-refractivity contribution in [1.29, 1.82) is 0 Å². The van der Waals surface area contributed by atoms with Crippen molar-refractivity contribution in [1.82, 2.24) is 9.97 Å². The Bertz CT molecular complexity index is 386. The molecule has 1 heterocycles. The van der Waals surface area contributed by atoms with Crippen LogP contribution in [0.25, 0.3) is 0 Å². The van der Waals surface area contributed by atoms with Crippen LogP contribution >= 0.6 is 11.8 Å². The Morgan fingerprint density at radius 3 is 2.62 bits per heavy atom. The Balaban J connectivity index is 2.05. The van der Waals surface area contributed by atoms with Crippen LogP contribution in [0, 0.1) is 13.8 Å². The second kappa shape index (κ2) is 4.95. The number of Topliss-reactive ketones (excluding diaryl/α,β-unsaturated/α-hetero) is 1. The molecule has 86 valence electrons. The summed E-state index contributed by atoms with van der Waals surface area (Å²) in [6, 6.07) is 1.97. The Morgan fingerprint density at radius 2 is 2.00 bits per heavy atom. The number of ketones is 1. The van der Waals surface area contributed by atoms with Crippen LogP contribution < -0.4 is 0 Å². The first kappa shape index (κ1) is 11.6. The van der Waals surface area contributed by atoms with E-state index < -0.39 is 0 Å². The second-order valence-corrected chi connectivity index (χ2v) is 5.58. The van der Waals surface area contributed by atoms with E-state index in [1.165, 1.54) is 0 Å². The fourth-order valence-corrected chi connectivity index (χ4v) is 3.23. The third kappa shape index (κ3) is 3.04. The van der Waals surface area contributed by atoms with E-state index in [4.69, 9.17) is 0 Å². The summed E-state index contributed by atoms with van der Waals surface area (Å²) in [5.41, 5.74) is 1.99. The molecule has 1 fully saturated rings. The van der Waals surface area contributed by atoms with E-state index in [2.05, 4.69) is 9.97 Å². The van der Waals surface area contributed by atoms with E-state index in [0.717, 1.165) is 35.8 Å². The Labute approximate surface area is 100 Å². The van der Waals surface area contributed by atoms with Gasteiger partial charge in [0.05, 0.1) is 0 Å². The largest absolute Gasteiger partial charge is 0.300 e. The zero-order chi connectivity index (χ0) is 11.5. The highest BCUT2D eigenvalue weighted by molar-refractivity contribution is 7.99. The van der Waals surface area contributed by atoms with Gasteiger partial charge in [0, 0.05) is 29.5 Å². The highest BCUT2D eigenvalue weighted by atomic mass is 32.2. The molecule has 0 N–H and O–H groups in total. The zero-order valence-corrected chi connectivity index (χ0v) is 10.5. The number of thioether (sulfide) groups is 1. The fraction of sp³-hybridized carbons (Fsp3) is 0.583. The van der Waals surface area contributed by atoms with Gasteiger partial charge in [-0.15, -0.1) is 0 Å².